The molecule has 2 heterocycles. The molecule has 10 unspecified atom stereocenters. The quantitative estimate of drug-likeness (QED) is 0.0703. The molecule has 18 nitrogen and oxygen atoms in total. The second kappa shape index (κ2) is 15.8. The molecule has 292 valence electrons. The molecule has 6 rings (SSSR count). The number of carboxylic acids is 2. The molecule has 0 aromatic carbocycles. The van der Waals surface area contributed by atoms with E-state index in [9.17, 15) is 44.7 Å². The molecule has 6 aliphatic rings. The summed E-state index contributed by atoms with van der Waals surface area (Å²) in [4.78, 5) is 49.6. The van der Waals surface area contributed by atoms with Crippen molar-refractivity contribution in [3.8, 4) is 0 Å². The molecule has 0 spiro atoms. The highest BCUT2D eigenvalue weighted by Crippen LogP contribution is 2.61. The molecule has 4 aliphatic carbocycles. The minimum absolute atomic E-state index is 0.0830. The SMILES string of the molecule is COC1CC(NC(=N)NC2C=C(C(=O)O)OC(C(O)C(O)CO)C2NC(C)=O)(C(=O)O)OC(CNC(C)C23CC4CC(CC(C4)C2)C3)C1NC(C)=O. The summed E-state index contributed by atoms with van der Waals surface area (Å²) in [7, 11) is 1.38. The molecule has 5 fully saturated rings. The van der Waals surface area contributed by atoms with Crippen molar-refractivity contribution in [3.63, 3.8) is 0 Å². The Morgan fingerprint density at radius 3 is 2.04 bits per heavy atom. The van der Waals surface area contributed by atoms with Gasteiger partial charge in [0.2, 0.25) is 23.3 Å². The Kier molecular flexibility index (Phi) is 12.1. The van der Waals surface area contributed by atoms with Gasteiger partial charge in [-0.1, -0.05) is 0 Å². The minimum Gasteiger partial charge on any atom is -0.478 e. The molecular formula is C34H54N6O12. The van der Waals surface area contributed by atoms with Crippen molar-refractivity contribution >= 4 is 29.7 Å². The minimum atomic E-state index is -2.28. The van der Waals surface area contributed by atoms with E-state index in [1.54, 1.807) is 0 Å². The third kappa shape index (κ3) is 8.31. The van der Waals surface area contributed by atoms with Crippen LogP contribution >= 0.6 is 0 Å². The number of aliphatic hydroxyl groups excluding tert-OH is 3. The van der Waals surface area contributed by atoms with Crippen LogP contribution in [0.2, 0.25) is 0 Å². The van der Waals surface area contributed by atoms with Crippen LogP contribution in [0.1, 0.15) is 65.7 Å². The Morgan fingerprint density at radius 1 is 0.962 bits per heavy atom. The zero-order valence-electron chi connectivity index (χ0n) is 30.0. The van der Waals surface area contributed by atoms with Gasteiger partial charge in [0.05, 0.1) is 36.9 Å². The van der Waals surface area contributed by atoms with Gasteiger partial charge in [0.25, 0.3) is 0 Å². The van der Waals surface area contributed by atoms with Crippen molar-refractivity contribution in [2.24, 2.45) is 23.2 Å². The second-order valence-corrected chi connectivity index (χ2v) is 15.5. The van der Waals surface area contributed by atoms with Gasteiger partial charge in [-0.2, -0.15) is 0 Å². The van der Waals surface area contributed by atoms with E-state index in [1.165, 1.54) is 33.3 Å². The van der Waals surface area contributed by atoms with Gasteiger partial charge in [-0.25, -0.2) is 9.59 Å². The number of hydrogen-bond acceptors (Lipinski definition) is 12. The van der Waals surface area contributed by atoms with E-state index in [0.29, 0.717) is 0 Å². The topological polar surface area (TPSA) is 281 Å². The van der Waals surface area contributed by atoms with E-state index in [2.05, 4.69) is 33.5 Å². The van der Waals surface area contributed by atoms with E-state index in [1.807, 2.05) is 0 Å². The summed E-state index contributed by atoms with van der Waals surface area (Å²) in [6, 6.07) is -3.30. The number of rotatable bonds is 14. The summed E-state index contributed by atoms with van der Waals surface area (Å²) in [6.07, 6.45) is 0.806. The van der Waals surface area contributed by atoms with Gasteiger partial charge in [0.1, 0.15) is 18.3 Å². The molecule has 52 heavy (non-hydrogen) atoms. The first-order valence-corrected chi connectivity index (χ1v) is 17.9. The van der Waals surface area contributed by atoms with Crippen molar-refractivity contribution in [2.45, 2.75) is 126 Å². The maximum Gasteiger partial charge on any atom is 0.370 e. The fourth-order valence-electron chi connectivity index (χ4n) is 9.74. The second-order valence-electron chi connectivity index (χ2n) is 15.5. The summed E-state index contributed by atoms with van der Waals surface area (Å²) in [5, 5.41) is 73.6. The van der Waals surface area contributed by atoms with Gasteiger partial charge in [-0.3, -0.25) is 15.0 Å². The number of aliphatic carboxylic acids is 2. The van der Waals surface area contributed by atoms with Gasteiger partial charge in [0, 0.05) is 40.0 Å². The fraction of sp³-hybridized carbons (Fsp3) is 0.794. The van der Waals surface area contributed by atoms with E-state index >= 15 is 0 Å². The van der Waals surface area contributed by atoms with Gasteiger partial charge < -0.3 is 66.3 Å². The molecule has 0 radical (unpaired) electrons. The highest BCUT2D eigenvalue weighted by atomic mass is 16.6. The van der Waals surface area contributed by atoms with Gasteiger partial charge in [-0.05, 0) is 74.7 Å². The predicted molar refractivity (Wildman–Crippen MR) is 181 cm³/mol. The molecule has 4 bridgehead atoms. The Hall–Kier alpha value is -3.55. The van der Waals surface area contributed by atoms with Crippen LogP contribution in [0.5, 0.6) is 0 Å². The molecule has 1 saturated heterocycles. The highest BCUT2D eigenvalue weighted by molar-refractivity contribution is 5.88. The van der Waals surface area contributed by atoms with Crippen molar-refractivity contribution in [3.05, 3.63) is 11.8 Å². The van der Waals surface area contributed by atoms with Crippen LogP contribution in [0, 0.1) is 28.6 Å². The summed E-state index contributed by atoms with van der Waals surface area (Å²) >= 11 is 0. The Balaban J connectivity index is 1.38. The van der Waals surface area contributed by atoms with Crippen LogP contribution in [0.25, 0.3) is 0 Å². The number of ether oxygens (including phenoxy) is 3. The highest BCUT2D eigenvalue weighted by Gasteiger charge is 2.56. The number of carboxylic acid groups (broad SMARTS) is 2. The van der Waals surface area contributed by atoms with Crippen LogP contribution < -0.4 is 26.6 Å². The zero-order valence-corrected chi connectivity index (χ0v) is 30.0. The van der Waals surface area contributed by atoms with E-state index in [0.717, 1.165) is 50.0 Å². The zero-order chi connectivity index (χ0) is 38.1. The molecule has 4 saturated carbocycles. The Labute approximate surface area is 301 Å². The summed E-state index contributed by atoms with van der Waals surface area (Å²) in [5.41, 5.74) is -2.16. The van der Waals surface area contributed by atoms with Crippen molar-refractivity contribution in [2.75, 3.05) is 20.3 Å². The number of amides is 2. The number of carbonyl (C=O) groups is 4. The fourth-order valence-corrected chi connectivity index (χ4v) is 9.74. The molecule has 2 amide bonds. The number of guanidine groups is 1. The summed E-state index contributed by atoms with van der Waals surface area (Å²) in [5.74, 6) is -3.27. The van der Waals surface area contributed by atoms with Crippen molar-refractivity contribution in [1.82, 2.24) is 26.6 Å². The molecule has 10 atom stereocenters. The maximum atomic E-state index is 13.1. The Bertz CT molecular complexity index is 1380. The average molecular weight is 739 g/mol. The number of aliphatic hydroxyl groups is 3. The normalized spacial score (nSPS) is 38.1. The first-order valence-electron chi connectivity index (χ1n) is 17.9. The van der Waals surface area contributed by atoms with Crippen LogP contribution in [0.3, 0.4) is 0 Å². The smallest absolute Gasteiger partial charge is 0.370 e. The largest absolute Gasteiger partial charge is 0.478 e. The number of nitrogens with one attached hydrogen (secondary N) is 6. The summed E-state index contributed by atoms with van der Waals surface area (Å²) in [6.45, 7) is 3.89. The van der Waals surface area contributed by atoms with Crippen molar-refractivity contribution < 1.29 is 58.9 Å². The first-order chi connectivity index (χ1) is 24.5. The van der Waals surface area contributed by atoms with E-state index in [4.69, 9.17) is 19.6 Å². The predicted octanol–water partition coefficient (Wildman–Crippen LogP) is -1.66. The van der Waals surface area contributed by atoms with Crippen LogP contribution in [0.4, 0.5) is 0 Å². The standard InChI is InChI=1S/C34H54N6O12/c1-15(33-9-18-5-19(10-33)7-20(6-18)11-33)36-13-25-27(38-17(3)43)24(50-4)12-34(52-25,31(48)49)40-32(35)39-21-8-23(30(46)47)51-29(26(21)37-16(2)42)28(45)22(44)14-41/h8,15,18-22,24-29,36,41,44-45H,5-7,9-14H2,1-4H3,(H,37,42)(H,38,43)(H,46,47)(H,48,49)(H3,35,39,40). The molecular weight excluding hydrogens is 684 g/mol. The van der Waals surface area contributed by atoms with E-state index in [-0.39, 0.29) is 30.3 Å². The van der Waals surface area contributed by atoms with Gasteiger partial charge in [-0.15, -0.1) is 0 Å². The van der Waals surface area contributed by atoms with Crippen LogP contribution in [0.15, 0.2) is 11.8 Å². The van der Waals surface area contributed by atoms with Gasteiger partial charge in [0.15, 0.2) is 5.96 Å². The molecule has 18 heteroatoms. The third-order valence-corrected chi connectivity index (χ3v) is 11.8. The first kappa shape index (κ1) is 39.7. The number of hydrogen-bond donors (Lipinski definition) is 11. The average Bonchev–Trinajstić information content (AvgIpc) is 3.06. The van der Waals surface area contributed by atoms with E-state index < -0.39 is 90.5 Å². The lowest BCUT2D eigenvalue weighted by molar-refractivity contribution is -0.211. The maximum absolute atomic E-state index is 13.1. The number of methoxy groups -OCH3 is 1. The third-order valence-electron chi connectivity index (χ3n) is 11.8. The lowest BCUT2D eigenvalue weighted by Crippen LogP contribution is -2.72. The van der Waals surface area contributed by atoms with Crippen LogP contribution in [-0.4, -0.2) is 136 Å². The molecule has 0 aromatic rings. The lowest BCUT2D eigenvalue weighted by atomic mass is 9.48. The Morgan fingerprint density at radius 2 is 1.54 bits per heavy atom. The lowest BCUT2D eigenvalue weighted by Gasteiger charge is -2.59. The number of carbonyl (C=O) groups excluding carboxylic acids is 2. The van der Waals surface area contributed by atoms with Crippen LogP contribution in [-0.2, 0) is 33.4 Å². The van der Waals surface area contributed by atoms with Crippen molar-refractivity contribution in [1.29, 1.82) is 5.41 Å². The molecule has 11 N–H and O–H groups in total. The molecule has 2 aliphatic heterocycles. The summed E-state index contributed by atoms with van der Waals surface area (Å²) < 4.78 is 17.4. The molecule has 0 aromatic heterocycles. The van der Waals surface area contributed by atoms with Gasteiger partial charge >= 0.3 is 11.9 Å². The monoisotopic (exact) mass is 738 g/mol.